The van der Waals surface area contributed by atoms with E-state index in [4.69, 9.17) is 5.73 Å². The Labute approximate surface area is 117 Å². The van der Waals surface area contributed by atoms with Crippen molar-refractivity contribution >= 4 is 17.5 Å². The van der Waals surface area contributed by atoms with Gasteiger partial charge in [-0.15, -0.1) is 0 Å². The van der Waals surface area contributed by atoms with Crippen molar-refractivity contribution in [2.75, 3.05) is 31.2 Å². The molecular formula is C12H20N6O2. The minimum Gasteiger partial charge on any atom is -0.368 e. The van der Waals surface area contributed by atoms with E-state index in [9.17, 15) is 10.1 Å². The number of nitrogens with zero attached hydrogens (tertiary/aromatic N) is 4. The van der Waals surface area contributed by atoms with Gasteiger partial charge in [-0.1, -0.05) is 12.8 Å². The molecule has 0 aliphatic heterocycles. The third-order valence-electron chi connectivity index (χ3n) is 3.69. The van der Waals surface area contributed by atoms with Crippen molar-refractivity contribution in [3.05, 3.63) is 16.3 Å². The van der Waals surface area contributed by atoms with Crippen molar-refractivity contribution in [1.29, 1.82) is 0 Å². The molecule has 0 unspecified atom stereocenters. The Morgan fingerprint density at radius 1 is 1.55 bits per heavy atom. The topological polar surface area (TPSA) is 110 Å². The average Bonchev–Trinajstić information content (AvgIpc) is 2.92. The number of hydrogen-bond donors (Lipinski definition) is 2. The first-order valence-electron chi connectivity index (χ1n) is 6.79. The fourth-order valence-electron chi connectivity index (χ4n) is 2.53. The molecule has 1 aromatic rings. The van der Waals surface area contributed by atoms with Gasteiger partial charge >= 0.3 is 5.69 Å². The summed E-state index contributed by atoms with van der Waals surface area (Å²) >= 11 is 0. The Bertz CT molecular complexity index is 475. The highest BCUT2D eigenvalue weighted by Gasteiger charge is 2.20. The lowest BCUT2D eigenvalue weighted by Crippen LogP contribution is -2.33. The molecule has 0 bridgehead atoms. The summed E-state index contributed by atoms with van der Waals surface area (Å²) in [6, 6.07) is 0.627. The van der Waals surface area contributed by atoms with E-state index >= 15 is 0 Å². The molecule has 1 aliphatic carbocycles. The van der Waals surface area contributed by atoms with Crippen LogP contribution in [0, 0.1) is 10.1 Å². The van der Waals surface area contributed by atoms with Crippen LogP contribution < -0.4 is 11.1 Å². The summed E-state index contributed by atoms with van der Waals surface area (Å²) in [5.41, 5.74) is 5.31. The molecule has 1 saturated carbocycles. The summed E-state index contributed by atoms with van der Waals surface area (Å²) in [5.74, 6) is 0.213. The third kappa shape index (κ3) is 3.53. The second-order valence-electron chi connectivity index (χ2n) is 5.06. The summed E-state index contributed by atoms with van der Waals surface area (Å²) in [6.45, 7) is 1.40. The van der Waals surface area contributed by atoms with Crippen LogP contribution in [0.1, 0.15) is 25.7 Å². The predicted molar refractivity (Wildman–Crippen MR) is 76.5 cm³/mol. The van der Waals surface area contributed by atoms with Crippen LogP contribution in [0.5, 0.6) is 0 Å². The van der Waals surface area contributed by atoms with Crippen LogP contribution in [0.3, 0.4) is 0 Å². The maximum atomic E-state index is 10.9. The third-order valence-corrected chi connectivity index (χ3v) is 3.69. The highest BCUT2D eigenvalue weighted by Crippen LogP contribution is 2.23. The van der Waals surface area contributed by atoms with E-state index in [0.29, 0.717) is 12.6 Å². The number of anilines is 2. The van der Waals surface area contributed by atoms with Gasteiger partial charge in [-0.2, -0.15) is 4.98 Å². The van der Waals surface area contributed by atoms with Crippen LogP contribution in [0.15, 0.2) is 6.20 Å². The van der Waals surface area contributed by atoms with E-state index in [1.165, 1.54) is 25.7 Å². The number of nitrogen functional groups attached to an aromatic ring is 1. The number of nitro groups is 1. The molecular weight excluding hydrogens is 260 g/mol. The molecule has 0 radical (unpaired) electrons. The first-order valence-corrected chi connectivity index (χ1v) is 6.79. The minimum absolute atomic E-state index is 0.0299. The zero-order valence-electron chi connectivity index (χ0n) is 11.6. The van der Waals surface area contributed by atoms with Gasteiger partial charge in [-0.3, -0.25) is 10.1 Å². The Kier molecular flexibility index (Phi) is 4.67. The number of nitrogens with two attached hydrogens (primary N) is 1. The van der Waals surface area contributed by atoms with Gasteiger partial charge in [0.05, 0.1) is 4.92 Å². The lowest BCUT2D eigenvalue weighted by Gasteiger charge is -2.23. The van der Waals surface area contributed by atoms with Gasteiger partial charge in [0.25, 0.3) is 0 Å². The highest BCUT2D eigenvalue weighted by molar-refractivity contribution is 5.56. The number of aromatic nitrogens is 2. The van der Waals surface area contributed by atoms with Crippen LogP contribution in [-0.2, 0) is 0 Å². The summed E-state index contributed by atoms with van der Waals surface area (Å²) in [5, 5.41) is 13.8. The highest BCUT2D eigenvalue weighted by atomic mass is 16.6. The van der Waals surface area contributed by atoms with Crippen molar-refractivity contribution in [2.45, 2.75) is 31.7 Å². The number of likely N-dealkylation sites (N-methyl/N-ethyl adjacent to an activating group) is 1. The van der Waals surface area contributed by atoms with E-state index < -0.39 is 4.92 Å². The molecule has 1 aliphatic rings. The zero-order chi connectivity index (χ0) is 14.5. The van der Waals surface area contributed by atoms with Gasteiger partial charge in [-0.05, 0) is 19.9 Å². The summed E-state index contributed by atoms with van der Waals surface area (Å²) < 4.78 is 0. The molecule has 20 heavy (non-hydrogen) atoms. The monoisotopic (exact) mass is 280 g/mol. The van der Waals surface area contributed by atoms with E-state index in [1.54, 1.807) is 0 Å². The van der Waals surface area contributed by atoms with E-state index in [0.717, 1.165) is 12.7 Å². The molecule has 1 fully saturated rings. The van der Waals surface area contributed by atoms with E-state index in [1.807, 2.05) is 0 Å². The number of rotatable bonds is 6. The van der Waals surface area contributed by atoms with Gasteiger partial charge in [0, 0.05) is 19.1 Å². The first-order chi connectivity index (χ1) is 9.58. The lowest BCUT2D eigenvalue weighted by atomic mass is 10.2. The number of nitrogens with one attached hydrogen (secondary N) is 1. The molecule has 2 rings (SSSR count). The summed E-state index contributed by atoms with van der Waals surface area (Å²) in [6.07, 6.45) is 6.17. The molecule has 0 saturated heterocycles. The van der Waals surface area contributed by atoms with Crippen LogP contribution in [0.25, 0.3) is 0 Å². The van der Waals surface area contributed by atoms with Crippen LogP contribution in [0.2, 0.25) is 0 Å². The predicted octanol–water partition coefficient (Wildman–Crippen LogP) is 1.25. The Balaban J connectivity index is 1.90. The van der Waals surface area contributed by atoms with Crippen molar-refractivity contribution < 1.29 is 4.92 Å². The second-order valence-corrected chi connectivity index (χ2v) is 5.06. The summed E-state index contributed by atoms with van der Waals surface area (Å²) in [4.78, 5) is 20.2. The summed E-state index contributed by atoms with van der Waals surface area (Å²) in [7, 11) is 2.08. The van der Waals surface area contributed by atoms with Crippen molar-refractivity contribution in [2.24, 2.45) is 0 Å². The lowest BCUT2D eigenvalue weighted by molar-refractivity contribution is -0.384. The molecule has 8 nitrogen and oxygen atoms in total. The second kappa shape index (κ2) is 6.47. The maximum Gasteiger partial charge on any atom is 0.329 e. The molecule has 0 spiro atoms. The fourth-order valence-corrected chi connectivity index (χ4v) is 2.53. The fraction of sp³-hybridized carbons (Fsp3) is 0.667. The largest absolute Gasteiger partial charge is 0.368 e. The van der Waals surface area contributed by atoms with E-state index in [-0.39, 0.29) is 17.5 Å². The zero-order valence-corrected chi connectivity index (χ0v) is 11.6. The Morgan fingerprint density at radius 3 is 2.90 bits per heavy atom. The standard InChI is InChI=1S/C12H20N6O2/c1-17(9-4-2-3-5-9)7-6-14-11-10(18(19)20)8-15-12(13)16-11/h8-9H,2-7H2,1H3,(H3,13,14,15,16). The molecule has 0 atom stereocenters. The van der Waals surface area contributed by atoms with Gasteiger partial charge in [0.15, 0.2) is 0 Å². The molecule has 1 heterocycles. The minimum atomic E-state index is -0.511. The average molecular weight is 280 g/mol. The van der Waals surface area contributed by atoms with Crippen LogP contribution in [0.4, 0.5) is 17.5 Å². The van der Waals surface area contributed by atoms with E-state index in [2.05, 4.69) is 27.2 Å². The quantitative estimate of drug-likeness (QED) is 0.596. The van der Waals surface area contributed by atoms with Gasteiger partial charge < -0.3 is 16.0 Å². The van der Waals surface area contributed by atoms with Crippen molar-refractivity contribution in [1.82, 2.24) is 14.9 Å². The molecule has 110 valence electrons. The maximum absolute atomic E-state index is 10.9. The van der Waals surface area contributed by atoms with Crippen molar-refractivity contribution in [3.63, 3.8) is 0 Å². The SMILES string of the molecule is CN(CCNc1nc(N)ncc1[N+](=O)[O-])C1CCCC1. The smallest absolute Gasteiger partial charge is 0.329 e. The Morgan fingerprint density at radius 2 is 2.25 bits per heavy atom. The van der Waals surface area contributed by atoms with Crippen LogP contribution >= 0.6 is 0 Å². The van der Waals surface area contributed by atoms with Crippen LogP contribution in [-0.4, -0.2) is 46.0 Å². The Hall–Kier alpha value is -1.96. The van der Waals surface area contributed by atoms with Crippen molar-refractivity contribution in [3.8, 4) is 0 Å². The number of hydrogen-bond acceptors (Lipinski definition) is 7. The van der Waals surface area contributed by atoms with Gasteiger partial charge in [0.1, 0.15) is 6.20 Å². The molecule has 8 heteroatoms. The molecule has 0 aromatic carbocycles. The van der Waals surface area contributed by atoms with Gasteiger partial charge in [0.2, 0.25) is 11.8 Å². The first kappa shape index (κ1) is 14.4. The van der Waals surface area contributed by atoms with Gasteiger partial charge in [-0.25, -0.2) is 4.98 Å². The molecule has 0 amide bonds. The molecule has 1 aromatic heterocycles. The normalized spacial score (nSPS) is 15.7. The molecule has 3 N–H and O–H groups in total.